The molecule has 0 aromatic heterocycles. The Labute approximate surface area is 161 Å². The number of aliphatic hydroxyl groups excluding tert-OH is 2. The van der Waals surface area contributed by atoms with Gasteiger partial charge in [0.15, 0.2) is 0 Å². The zero-order valence-corrected chi connectivity index (χ0v) is 16.5. The second kappa shape index (κ2) is 12.5. The van der Waals surface area contributed by atoms with Crippen molar-refractivity contribution in [2.75, 3.05) is 13.2 Å². The minimum atomic E-state index is -0.683. The molecule has 0 saturated heterocycles. The summed E-state index contributed by atoms with van der Waals surface area (Å²) in [5.41, 5.74) is 0.594. The van der Waals surface area contributed by atoms with Crippen LogP contribution in [0.5, 0.6) is 0 Å². The molecule has 152 valence electrons. The predicted octanol–water partition coefficient (Wildman–Crippen LogP) is 3.35. The molecule has 0 aliphatic rings. The van der Waals surface area contributed by atoms with E-state index >= 15 is 0 Å². The topological polar surface area (TPSA) is 93.1 Å². The van der Waals surface area contributed by atoms with Crippen LogP contribution in [0.1, 0.15) is 73.6 Å². The molecule has 6 heteroatoms. The third kappa shape index (κ3) is 9.02. The van der Waals surface area contributed by atoms with Gasteiger partial charge in [0, 0.05) is 0 Å². The number of rotatable bonds is 12. The van der Waals surface area contributed by atoms with Gasteiger partial charge in [-0.25, -0.2) is 9.59 Å². The highest BCUT2D eigenvalue weighted by atomic mass is 16.5. The third-order valence-corrected chi connectivity index (χ3v) is 4.43. The van der Waals surface area contributed by atoms with E-state index in [1.165, 1.54) is 24.3 Å². The molecule has 3 unspecified atom stereocenters. The summed E-state index contributed by atoms with van der Waals surface area (Å²) in [6.07, 6.45) is 2.63. The lowest BCUT2D eigenvalue weighted by Gasteiger charge is -2.15. The first-order chi connectivity index (χ1) is 12.9. The van der Waals surface area contributed by atoms with Crippen molar-refractivity contribution in [3.63, 3.8) is 0 Å². The fourth-order valence-corrected chi connectivity index (χ4v) is 2.48. The van der Waals surface area contributed by atoms with Crippen LogP contribution in [0, 0.1) is 5.92 Å². The largest absolute Gasteiger partial charge is 0.459 e. The van der Waals surface area contributed by atoms with E-state index in [2.05, 4.69) is 0 Å². The van der Waals surface area contributed by atoms with E-state index in [-0.39, 0.29) is 13.2 Å². The van der Waals surface area contributed by atoms with Crippen molar-refractivity contribution in [3.05, 3.63) is 35.4 Å². The summed E-state index contributed by atoms with van der Waals surface area (Å²) in [4.78, 5) is 24.0. The van der Waals surface area contributed by atoms with E-state index in [1.54, 1.807) is 0 Å². The number of carbonyl (C=O) groups excluding carboxylic acids is 2. The molecule has 2 N–H and O–H groups in total. The van der Waals surface area contributed by atoms with Crippen LogP contribution in [-0.4, -0.2) is 47.6 Å². The lowest BCUT2D eigenvalue weighted by Crippen LogP contribution is -2.21. The summed E-state index contributed by atoms with van der Waals surface area (Å²) in [7, 11) is 0. The van der Waals surface area contributed by atoms with Crippen molar-refractivity contribution >= 4 is 11.9 Å². The molecule has 1 rings (SSSR count). The van der Waals surface area contributed by atoms with Crippen molar-refractivity contribution in [2.24, 2.45) is 5.92 Å². The molecule has 0 fully saturated rings. The minimum Gasteiger partial charge on any atom is -0.459 e. The van der Waals surface area contributed by atoms with Crippen molar-refractivity contribution in [1.82, 2.24) is 0 Å². The second-order valence-electron chi connectivity index (χ2n) is 6.97. The molecule has 0 bridgehead atoms. The van der Waals surface area contributed by atoms with E-state index in [4.69, 9.17) is 9.47 Å². The molecule has 6 nitrogen and oxygen atoms in total. The van der Waals surface area contributed by atoms with Crippen LogP contribution >= 0.6 is 0 Å². The number of benzene rings is 1. The lowest BCUT2D eigenvalue weighted by molar-refractivity contribution is 0.0200. The normalized spacial score (nSPS) is 14.3. The highest BCUT2D eigenvalue weighted by Gasteiger charge is 2.15. The molecule has 0 radical (unpaired) electrons. The van der Waals surface area contributed by atoms with Crippen LogP contribution in [0.25, 0.3) is 0 Å². The van der Waals surface area contributed by atoms with Gasteiger partial charge in [-0.1, -0.05) is 40.0 Å². The smallest absolute Gasteiger partial charge is 0.338 e. The Bertz CT molecular complexity index is 569. The van der Waals surface area contributed by atoms with Crippen LogP contribution < -0.4 is 0 Å². The number of hydrogen-bond acceptors (Lipinski definition) is 6. The van der Waals surface area contributed by atoms with Crippen molar-refractivity contribution in [2.45, 2.75) is 65.1 Å². The van der Waals surface area contributed by atoms with Gasteiger partial charge in [-0.2, -0.15) is 0 Å². The van der Waals surface area contributed by atoms with Gasteiger partial charge < -0.3 is 19.7 Å². The molecule has 27 heavy (non-hydrogen) atoms. The second-order valence-corrected chi connectivity index (χ2v) is 6.97. The van der Waals surface area contributed by atoms with Gasteiger partial charge in [-0.3, -0.25) is 0 Å². The van der Waals surface area contributed by atoms with E-state index in [9.17, 15) is 19.8 Å². The average Bonchev–Trinajstić information content (AvgIpc) is 2.68. The molecule has 1 aromatic carbocycles. The Morgan fingerprint density at radius 3 is 1.85 bits per heavy atom. The Morgan fingerprint density at radius 1 is 0.926 bits per heavy atom. The van der Waals surface area contributed by atoms with Crippen LogP contribution in [-0.2, 0) is 9.47 Å². The van der Waals surface area contributed by atoms with E-state index < -0.39 is 24.1 Å². The lowest BCUT2D eigenvalue weighted by atomic mass is 10.0. The van der Waals surface area contributed by atoms with Gasteiger partial charge in [-0.05, 0) is 43.0 Å². The van der Waals surface area contributed by atoms with Crippen LogP contribution in [0.2, 0.25) is 0 Å². The summed E-state index contributed by atoms with van der Waals surface area (Å²) in [6, 6.07) is 5.92. The standard InChI is InChI=1S/C21H32O6/c1-4-6-7-18(22)13-26-20(24)16-8-10-17(11-9-16)21(25)27-14-19(23)12-15(3)5-2/h8-11,15,18-19,22-23H,4-7,12-14H2,1-3H3. The first kappa shape index (κ1) is 23.1. The summed E-state index contributed by atoms with van der Waals surface area (Å²) < 4.78 is 10.2. The Morgan fingerprint density at radius 2 is 1.41 bits per heavy atom. The molecule has 0 spiro atoms. The van der Waals surface area contributed by atoms with Crippen molar-refractivity contribution in [1.29, 1.82) is 0 Å². The van der Waals surface area contributed by atoms with Gasteiger partial charge in [0.1, 0.15) is 13.2 Å². The fourth-order valence-electron chi connectivity index (χ4n) is 2.48. The number of ether oxygens (including phenoxy) is 2. The summed E-state index contributed by atoms with van der Waals surface area (Å²) in [5, 5.41) is 19.6. The minimum absolute atomic E-state index is 0.0449. The molecule has 0 heterocycles. The third-order valence-electron chi connectivity index (χ3n) is 4.43. The van der Waals surface area contributed by atoms with Crippen molar-refractivity contribution < 1.29 is 29.3 Å². The molecule has 0 amide bonds. The van der Waals surface area contributed by atoms with Gasteiger partial charge in [0.05, 0.1) is 23.3 Å². The number of carbonyl (C=O) groups is 2. The monoisotopic (exact) mass is 380 g/mol. The fraction of sp³-hybridized carbons (Fsp3) is 0.619. The molecular weight excluding hydrogens is 348 g/mol. The maximum atomic E-state index is 12.0. The highest BCUT2D eigenvalue weighted by Crippen LogP contribution is 2.12. The Kier molecular flexibility index (Phi) is 10.7. The average molecular weight is 380 g/mol. The number of aliphatic hydroxyl groups is 2. The number of esters is 2. The summed E-state index contributed by atoms with van der Waals surface area (Å²) in [6.45, 7) is 6.00. The maximum Gasteiger partial charge on any atom is 0.338 e. The molecule has 1 aromatic rings. The van der Waals surface area contributed by atoms with Crippen LogP contribution in [0.15, 0.2) is 24.3 Å². The predicted molar refractivity (Wildman–Crippen MR) is 103 cm³/mol. The van der Waals surface area contributed by atoms with Gasteiger partial charge in [0.25, 0.3) is 0 Å². The summed E-state index contributed by atoms with van der Waals surface area (Å²) >= 11 is 0. The zero-order valence-electron chi connectivity index (χ0n) is 16.5. The highest BCUT2D eigenvalue weighted by molar-refractivity contribution is 5.93. The first-order valence-electron chi connectivity index (χ1n) is 9.67. The molecule has 3 atom stereocenters. The molecule has 0 aliphatic heterocycles. The van der Waals surface area contributed by atoms with Gasteiger partial charge in [0.2, 0.25) is 0 Å². The maximum absolute atomic E-state index is 12.0. The van der Waals surface area contributed by atoms with Gasteiger partial charge in [-0.15, -0.1) is 0 Å². The summed E-state index contributed by atoms with van der Waals surface area (Å²) in [5.74, 6) is -0.730. The first-order valence-corrected chi connectivity index (χ1v) is 9.67. The zero-order chi connectivity index (χ0) is 20.2. The molecular formula is C21H32O6. The Hall–Kier alpha value is -1.92. The number of unbranched alkanes of at least 4 members (excludes halogenated alkanes) is 1. The van der Waals surface area contributed by atoms with E-state index in [0.29, 0.717) is 29.9 Å². The van der Waals surface area contributed by atoms with Crippen LogP contribution in [0.3, 0.4) is 0 Å². The molecule has 0 aliphatic carbocycles. The van der Waals surface area contributed by atoms with Crippen molar-refractivity contribution in [3.8, 4) is 0 Å². The van der Waals surface area contributed by atoms with Crippen LogP contribution in [0.4, 0.5) is 0 Å². The molecule has 0 saturated carbocycles. The van der Waals surface area contributed by atoms with Gasteiger partial charge >= 0.3 is 11.9 Å². The van der Waals surface area contributed by atoms with E-state index in [0.717, 1.165) is 19.3 Å². The number of hydrogen-bond donors (Lipinski definition) is 2. The quantitative estimate of drug-likeness (QED) is 0.540. The SMILES string of the molecule is CCCCC(O)COC(=O)c1ccc(C(=O)OCC(O)CC(C)CC)cc1. The Balaban J connectivity index is 2.45. The van der Waals surface area contributed by atoms with E-state index in [1.807, 2.05) is 20.8 Å².